The second kappa shape index (κ2) is 3.59. The predicted molar refractivity (Wildman–Crippen MR) is 54.0 cm³/mol. The van der Waals surface area contributed by atoms with Crippen LogP contribution in [-0.4, -0.2) is 6.54 Å². The van der Waals surface area contributed by atoms with E-state index in [-0.39, 0.29) is 10.4 Å². The topological polar surface area (TPSA) is 26.0 Å². The zero-order valence-electron chi connectivity index (χ0n) is 7.43. The fraction of sp³-hybridized carbons (Fsp3) is 0.400. The minimum absolute atomic E-state index is 0.0716. The Morgan fingerprint density at radius 3 is 2.71 bits per heavy atom. The molecule has 1 aromatic carbocycles. The van der Waals surface area contributed by atoms with Crippen molar-refractivity contribution in [2.45, 2.75) is 12.3 Å². The Morgan fingerprint density at radius 1 is 1.43 bits per heavy atom. The highest BCUT2D eigenvalue weighted by atomic mass is 79.9. The molecule has 1 nitrogen and oxygen atoms in total. The van der Waals surface area contributed by atoms with E-state index in [0.717, 1.165) is 6.42 Å². The van der Waals surface area contributed by atoms with Crippen LogP contribution in [-0.2, 0) is 0 Å². The van der Waals surface area contributed by atoms with Crippen molar-refractivity contribution in [2.24, 2.45) is 11.7 Å². The third-order valence-electron chi connectivity index (χ3n) is 2.69. The molecule has 4 heteroatoms. The molecule has 0 unspecified atom stereocenters. The molecule has 2 N–H and O–H groups in total. The highest BCUT2D eigenvalue weighted by molar-refractivity contribution is 9.10. The summed E-state index contributed by atoms with van der Waals surface area (Å²) in [6, 6.07) is 2.80. The molecule has 0 bridgehead atoms. The van der Waals surface area contributed by atoms with E-state index >= 15 is 0 Å². The molecule has 0 aliphatic heterocycles. The Morgan fingerprint density at radius 2 is 2.14 bits per heavy atom. The van der Waals surface area contributed by atoms with Gasteiger partial charge in [-0.1, -0.05) is 6.07 Å². The van der Waals surface area contributed by atoms with Crippen LogP contribution in [0, 0.1) is 17.6 Å². The van der Waals surface area contributed by atoms with Crippen molar-refractivity contribution in [3.8, 4) is 0 Å². The minimum atomic E-state index is -0.559. The number of halogens is 3. The summed E-state index contributed by atoms with van der Waals surface area (Å²) in [4.78, 5) is 0. The van der Waals surface area contributed by atoms with Gasteiger partial charge in [-0.2, -0.15) is 0 Å². The van der Waals surface area contributed by atoms with Crippen LogP contribution in [0.5, 0.6) is 0 Å². The summed E-state index contributed by atoms with van der Waals surface area (Å²) in [5.41, 5.74) is 6.05. The highest BCUT2D eigenvalue weighted by Crippen LogP contribution is 2.48. The van der Waals surface area contributed by atoms with Gasteiger partial charge < -0.3 is 5.73 Å². The monoisotopic (exact) mass is 261 g/mol. The smallest absolute Gasteiger partial charge is 0.143 e. The summed E-state index contributed by atoms with van der Waals surface area (Å²) in [7, 11) is 0. The fourth-order valence-corrected chi connectivity index (χ4v) is 2.08. The van der Waals surface area contributed by atoms with Gasteiger partial charge in [-0.3, -0.25) is 0 Å². The zero-order chi connectivity index (χ0) is 10.3. The SMILES string of the molecule is NC[C@@H]1C[C@H]1c1ccc(F)c(Br)c1F. The Hall–Kier alpha value is -0.480. The minimum Gasteiger partial charge on any atom is -0.330 e. The summed E-state index contributed by atoms with van der Waals surface area (Å²) in [6.45, 7) is 0.569. The van der Waals surface area contributed by atoms with Crippen LogP contribution in [0.2, 0.25) is 0 Å². The second-order valence-electron chi connectivity index (χ2n) is 3.60. The van der Waals surface area contributed by atoms with Crippen molar-refractivity contribution < 1.29 is 8.78 Å². The van der Waals surface area contributed by atoms with Gasteiger partial charge in [0, 0.05) is 0 Å². The molecule has 1 fully saturated rings. The maximum Gasteiger partial charge on any atom is 0.143 e. The van der Waals surface area contributed by atoms with E-state index in [1.807, 2.05) is 0 Å². The first kappa shape index (κ1) is 10.1. The fourth-order valence-electron chi connectivity index (χ4n) is 1.72. The molecule has 14 heavy (non-hydrogen) atoms. The van der Waals surface area contributed by atoms with E-state index < -0.39 is 11.6 Å². The molecule has 0 radical (unpaired) electrons. The van der Waals surface area contributed by atoms with Gasteiger partial charge in [0.15, 0.2) is 0 Å². The molecule has 1 aliphatic carbocycles. The zero-order valence-corrected chi connectivity index (χ0v) is 9.02. The molecule has 1 aliphatic rings. The van der Waals surface area contributed by atoms with Crippen LogP contribution >= 0.6 is 15.9 Å². The second-order valence-corrected chi connectivity index (χ2v) is 4.40. The molecule has 0 amide bonds. The average molecular weight is 262 g/mol. The average Bonchev–Trinajstić information content (AvgIpc) is 2.94. The summed E-state index contributed by atoms with van der Waals surface area (Å²) >= 11 is 2.89. The molecule has 0 saturated heterocycles. The number of nitrogens with two attached hydrogens (primary N) is 1. The van der Waals surface area contributed by atoms with E-state index in [1.165, 1.54) is 12.1 Å². The largest absolute Gasteiger partial charge is 0.330 e. The van der Waals surface area contributed by atoms with Crippen LogP contribution in [0.15, 0.2) is 16.6 Å². The maximum absolute atomic E-state index is 13.5. The van der Waals surface area contributed by atoms with Crippen LogP contribution in [0.1, 0.15) is 17.9 Å². The molecule has 2 rings (SSSR count). The molecule has 0 spiro atoms. The van der Waals surface area contributed by atoms with Crippen LogP contribution < -0.4 is 5.73 Å². The predicted octanol–water partition coefficient (Wildman–Crippen LogP) is 2.79. The lowest BCUT2D eigenvalue weighted by Crippen LogP contribution is -2.03. The molecule has 0 heterocycles. The molecule has 0 aromatic heterocycles. The summed E-state index contributed by atoms with van der Waals surface area (Å²) < 4.78 is 26.4. The number of benzene rings is 1. The highest BCUT2D eigenvalue weighted by Gasteiger charge is 2.39. The Balaban J connectivity index is 2.32. The van der Waals surface area contributed by atoms with E-state index in [2.05, 4.69) is 15.9 Å². The summed E-state index contributed by atoms with van der Waals surface area (Å²) in [5, 5.41) is 0. The van der Waals surface area contributed by atoms with Crippen molar-refractivity contribution in [3.63, 3.8) is 0 Å². The van der Waals surface area contributed by atoms with Gasteiger partial charge in [-0.05, 0) is 52.4 Å². The lowest BCUT2D eigenvalue weighted by Gasteiger charge is -2.04. The standard InChI is InChI=1S/C10H10BrF2N/c11-9-8(12)2-1-6(10(9)13)7-3-5(7)4-14/h1-2,5,7H,3-4,14H2/t5-,7+/m0/s1. The first-order chi connectivity index (χ1) is 6.65. The van der Waals surface area contributed by atoms with Crippen LogP contribution in [0.3, 0.4) is 0 Å². The van der Waals surface area contributed by atoms with Gasteiger partial charge >= 0.3 is 0 Å². The van der Waals surface area contributed by atoms with Gasteiger partial charge in [-0.25, -0.2) is 8.78 Å². The number of rotatable bonds is 2. The van der Waals surface area contributed by atoms with Gasteiger partial charge in [0.25, 0.3) is 0 Å². The first-order valence-corrected chi connectivity index (χ1v) is 5.28. The molecule has 76 valence electrons. The molecule has 1 aromatic rings. The van der Waals surface area contributed by atoms with Crippen LogP contribution in [0.4, 0.5) is 8.78 Å². The third kappa shape index (κ3) is 1.57. The van der Waals surface area contributed by atoms with Gasteiger partial charge in [0.1, 0.15) is 11.6 Å². The van der Waals surface area contributed by atoms with Crippen molar-refractivity contribution in [1.82, 2.24) is 0 Å². The third-order valence-corrected chi connectivity index (χ3v) is 3.42. The maximum atomic E-state index is 13.5. The van der Waals surface area contributed by atoms with E-state index in [0.29, 0.717) is 18.0 Å². The van der Waals surface area contributed by atoms with E-state index in [9.17, 15) is 8.78 Å². The molecule has 1 saturated carbocycles. The summed E-state index contributed by atoms with van der Waals surface area (Å²) in [5.74, 6) is -0.499. The van der Waals surface area contributed by atoms with Gasteiger partial charge in [0.05, 0.1) is 4.47 Å². The quantitative estimate of drug-likeness (QED) is 0.815. The Bertz CT molecular complexity index is 367. The molecule has 2 atom stereocenters. The summed E-state index contributed by atoms with van der Waals surface area (Å²) in [6.07, 6.45) is 0.908. The normalized spacial score (nSPS) is 25.1. The number of hydrogen-bond acceptors (Lipinski definition) is 1. The molecular formula is C10H10BrF2N. The van der Waals surface area contributed by atoms with Crippen molar-refractivity contribution in [2.75, 3.05) is 6.54 Å². The number of hydrogen-bond donors (Lipinski definition) is 1. The molecular weight excluding hydrogens is 252 g/mol. The van der Waals surface area contributed by atoms with Crippen molar-refractivity contribution >= 4 is 15.9 Å². The van der Waals surface area contributed by atoms with Crippen LogP contribution in [0.25, 0.3) is 0 Å². The van der Waals surface area contributed by atoms with Gasteiger partial charge in [0.2, 0.25) is 0 Å². The lowest BCUT2D eigenvalue weighted by atomic mass is 10.1. The van der Waals surface area contributed by atoms with Gasteiger partial charge in [-0.15, -0.1) is 0 Å². The van der Waals surface area contributed by atoms with E-state index in [4.69, 9.17) is 5.73 Å². The Kier molecular flexibility index (Phi) is 2.58. The van der Waals surface area contributed by atoms with E-state index in [1.54, 1.807) is 0 Å². The Labute approximate surface area is 89.4 Å². The van der Waals surface area contributed by atoms with Crippen molar-refractivity contribution in [1.29, 1.82) is 0 Å². The lowest BCUT2D eigenvalue weighted by molar-refractivity contribution is 0.559. The van der Waals surface area contributed by atoms with Crippen molar-refractivity contribution in [3.05, 3.63) is 33.8 Å². The first-order valence-electron chi connectivity index (χ1n) is 4.48.